The van der Waals surface area contributed by atoms with Crippen molar-refractivity contribution >= 4 is 11.7 Å². The van der Waals surface area contributed by atoms with Gasteiger partial charge in [0.15, 0.2) is 11.5 Å². The number of methoxy groups -OCH3 is 1. The molecule has 1 saturated heterocycles. The number of piperidine rings is 1. The molecular formula is C23H30N4O4. The Bertz CT molecular complexity index is 899. The van der Waals surface area contributed by atoms with Gasteiger partial charge in [0.05, 0.1) is 13.5 Å². The number of pyridine rings is 1. The van der Waals surface area contributed by atoms with Gasteiger partial charge in [0.25, 0.3) is 0 Å². The molecule has 2 aromatic rings. The van der Waals surface area contributed by atoms with Crippen molar-refractivity contribution in [2.24, 2.45) is 5.92 Å². The summed E-state index contributed by atoms with van der Waals surface area (Å²) in [5.74, 6) is 3.16. The zero-order valence-corrected chi connectivity index (χ0v) is 17.9. The topological polar surface area (TPSA) is 98.9 Å². The fourth-order valence-electron chi connectivity index (χ4n) is 4.07. The number of hydrogen-bond donors (Lipinski definition) is 2. The van der Waals surface area contributed by atoms with E-state index < -0.39 is 0 Å². The summed E-state index contributed by atoms with van der Waals surface area (Å²) in [5.41, 5.74) is 6.59. The first-order chi connectivity index (χ1) is 15.1. The van der Waals surface area contributed by atoms with Crippen LogP contribution in [-0.2, 0) is 11.2 Å². The highest BCUT2D eigenvalue weighted by atomic mass is 16.6. The third-order valence-corrected chi connectivity index (χ3v) is 5.90. The molecule has 0 spiro atoms. The molecule has 4 rings (SSSR count). The summed E-state index contributed by atoms with van der Waals surface area (Å²) in [7, 11) is 1.64. The van der Waals surface area contributed by atoms with Gasteiger partial charge in [-0.3, -0.25) is 9.69 Å². The Labute approximate surface area is 182 Å². The Kier molecular flexibility index (Phi) is 6.76. The van der Waals surface area contributed by atoms with Gasteiger partial charge in [-0.2, -0.15) is 0 Å². The average Bonchev–Trinajstić information content (AvgIpc) is 2.79. The number of benzene rings is 1. The van der Waals surface area contributed by atoms with Crippen LogP contribution in [0, 0.1) is 5.92 Å². The second-order valence-corrected chi connectivity index (χ2v) is 8.14. The van der Waals surface area contributed by atoms with Crippen LogP contribution in [-0.4, -0.2) is 61.8 Å². The van der Waals surface area contributed by atoms with Crippen molar-refractivity contribution in [1.29, 1.82) is 0 Å². The van der Waals surface area contributed by atoms with Crippen LogP contribution in [0.25, 0.3) is 0 Å². The van der Waals surface area contributed by atoms with Gasteiger partial charge in [-0.15, -0.1) is 0 Å². The third kappa shape index (κ3) is 5.58. The molecule has 8 nitrogen and oxygen atoms in total. The number of amides is 1. The highest BCUT2D eigenvalue weighted by Gasteiger charge is 2.26. The Hall–Kier alpha value is -3.00. The van der Waals surface area contributed by atoms with Crippen LogP contribution in [0.3, 0.4) is 0 Å². The molecule has 0 bridgehead atoms. The summed E-state index contributed by atoms with van der Waals surface area (Å²) in [4.78, 5) is 18.7. The number of aromatic nitrogens is 1. The number of likely N-dealkylation sites (tertiary alicyclic amines) is 1. The molecule has 1 amide bonds. The lowest BCUT2D eigenvalue weighted by molar-refractivity contribution is -0.120. The molecule has 1 atom stereocenters. The van der Waals surface area contributed by atoms with Crippen molar-refractivity contribution in [3.8, 4) is 17.2 Å². The molecule has 166 valence electrons. The van der Waals surface area contributed by atoms with Gasteiger partial charge in [-0.05, 0) is 50.0 Å². The maximum Gasteiger partial charge on any atom is 0.224 e. The third-order valence-electron chi connectivity index (χ3n) is 5.90. The second-order valence-electron chi connectivity index (χ2n) is 8.14. The quantitative estimate of drug-likeness (QED) is 0.697. The van der Waals surface area contributed by atoms with Crippen LogP contribution < -0.4 is 25.3 Å². The molecule has 1 fully saturated rings. The van der Waals surface area contributed by atoms with E-state index in [4.69, 9.17) is 19.9 Å². The number of anilines is 1. The van der Waals surface area contributed by atoms with Crippen molar-refractivity contribution in [3.05, 3.63) is 42.1 Å². The van der Waals surface area contributed by atoms with Gasteiger partial charge in [-0.25, -0.2) is 4.98 Å². The van der Waals surface area contributed by atoms with Crippen LogP contribution in [0.15, 0.2) is 36.5 Å². The summed E-state index contributed by atoms with van der Waals surface area (Å²) in [5, 5.41) is 3.05. The van der Waals surface area contributed by atoms with E-state index in [2.05, 4.69) is 15.2 Å². The molecule has 2 aliphatic rings. The molecule has 1 aromatic carbocycles. The minimum Gasteiger partial charge on any atom is -0.497 e. The average molecular weight is 427 g/mol. The first-order valence-electron chi connectivity index (χ1n) is 10.8. The summed E-state index contributed by atoms with van der Waals surface area (Å²) >= 11 is 0. The Balaban J connectivity index is 1.18. The van der Waals surface area contributed by atoms with Crippen molar-refractivity contribution in [1.82, 2.24) is 15.2 Å². The molecule has 0 aliphatic carbocycles. The Morgan fingerprint density at radius 1 is 1.29 bits per heavy atom. The first-order valence-corrected chi connectivity index (χ1v) is 10.8. The van der Waals surface area contributed by atoms with Crippen LogP contribution in [0.4, 0.5) is 5.82 Å². The molecule has 8 heteroatoms. The van der Waals surface area contributed by atoms with Gasteiger partial charge >= 0.3 is 0 Å². The lowest BCUT2D eigenvalue weighted by Gasteiger charge is -2.35. The van der Waals surface area contributed by atoms with E-state index in [1.807, 2.05) is 24.3 Å². The summed E-state index contributed by atoms with van der Waals surface area (Å²) < 4.78 is 17.3. The van der Waals surface area contributed by atoms with E-state index in [9.17, 15) is 4.79 Å². The number of nitrogen functional groups attached to an aromatic ring is 1. The Morgan fingerprint density at radius 2 is 2.13 bits per heavy atom. The van der Waals surface area contributed by atoms with Crippen molar-refractivity contribution in [2.45, 2.75) is 25.4 Å². The molecule has 31 heavy (non-hydrogen) atoms. The largest absolute Gasteiger partial charge is 0.497 e. The van der Waals surface area contributed by atoms with Crippen LogP contribution in [0.1, 0.15) is 18.4 Å². The van der Waals surface area contributed by atoms with Crippen LogP contribution in [0.5, 0.6) is 17.2 Å². The van der Waals surface area contributed by atoms with Gasteiger partial charge in [-0.1, -0.05) is 6.07 Å². The standard InChI is InChI=1S/C23H30N4O4/c1-29-18-4-5-20-21(12-18)31-19(15-30-20)14-27-9-6-16(7-10-27)13-26-22(28)11-17-3-2-8-25-23(17)24/h2-5,8,12,16,19H,6-7,9-11,13-15H2,1H3,(H2,24,25)(H,26,28). The number of hydrogen-bond acceptors (Lipinski definition) is 7. The maximum atomic E-state index is 12.2. The molecule has 1 unspecified atom stereocenters. The van der Waals surface area contributed by atoms with Gasteiger partial charge in [0, 0.05) is 30.9 Å². The zero-order chi connectivity index (χ0) is 21.6. The number of nitrogens with two attached hydrogens (primary N) is 1. The van der Waals surface area contributed by atoms with Crippen LogP contribution in [0.2, 0.25) is 0 Å². The van der Waals surface area contributed by atoms with E-state index >= 15 is 0 Å². The smallest absolute Gasteiger partial charge is 0.224 e. The normalized spacial score (nSPS) is 19.1. The van der Waals surface area contributed by atoms with Gasteiger partial charge in [0.1, 0.15) is 24.3 Å². The van der Waals surface area contributed by atoms with Crippen molar-refractivity contribution in [2.75, 3.05) is 45.6 Å². The minimum absolute atomic E-state index is 0.000740. The fourth-order valence-corrected chi connectivity index (χ4v) is 4.07. The molecule has 3 heterocycles. The Morgan fingerprint density at radius 3 is 2.90 bits per heavy atom. The number of nitrogens with zero attached hydrogens (tertiary/aromatic N) is 2. The SMILES string of the molecule is COc1ccc2c(c1)OC(CN1CCC(CNC(=O)Cc3cccnc3N)CC1)CO2. The van der Waals surface area contributed by atoms with Gasteiger partial charge < -0.3 is 25.3 Å². The molecule has 0 saturated carbocycles. The summed E-state index contributed by atoms with van der Waals surface area (Å²) in [6.45, 7) is 4.05. The predicted octanol–water partition coefficient (Wildman–Crippen LogP) is 1.88. The monoisotopic (exact) mass is 426 g/mol. The van der Waals surface area contributed by atoms with Gasteiger partial charge in [0.2, 0.25) is 5.91 Å². The number of rotatable bonds is 7. The zero-order valence-electron chi connectivity index (χ0n) is 17.9. The molecular weight excluding hydrogens is 396 g/mol. The van der Waals surface area contributed by atoms with Crippen molar-refractivity contribution in [3.63, 3.8) is 0 Å². The second kappa shape index (κ2) is 9.87. The predicted molar refractivity (Wildman–Crippen MR) is 117 cm³/mol. The number of carbonyl (C=O) groups excluding carboxylic acids is 1. The number of carbonyl (C=O) groups is 1. The number of fused-ring (bicyclic) bond motifs is 1. The van der Waals surface area contributed by atoms with E-state index in [-0.39, 0.29) is 18.4 Å². The molecule has 2 aliphatic heterocycles. The highest BCUT2D eigenvalue weighted by Crippen LogP contribution is 2.35. The lowest BCUT2D eigenvalue weighted by Crippen LogP contribution is -2.45. The van der Waals surface area contributed by atoms with Crippen molar-refractivity contribution < 1.29 is 19.0 Å². The lowest BCUT2D eigenvalue weighted by atomic mass is 9.96. The molecule has 0 radical (unpaired) electrons. The highest BCUT2D eigenvalue weighted by molar-refractivity contribution is 5.79. The first kappa shape index (κ1) is 21.2. The van der Waals surface area contributed by atoms with E-state index in [0.29, 0.717) is 24.9 Å². The van der Waals surface area contributed by atoms with Crippen LogP contribution >= 0.6 is 0 Å². The number of ether oxygens (including phenoxy) is 3. The summed E-state index contributed by atoms with van der Waals surface area (Å²) in [6, 6.07) is 9.26. The molecule has 3 N–H and O–H groups in total. The molecule has 1 aromatic heterocycles. The fraction of sp³-hybridized carbons (Fsp3) is 0.478. The number of nitrogens with one attached hydrogen (secondary N) is 1. The maximum absolute atomic E-state index is 12.2. The summed E-state index contributed by atoms with van der Waals surface area (Å²) in [6.07, 6.45) is 4.00. The van der Waals surface area contributed by atoms with E-state index in [1.165, 1.54) is 0 Å². The minimum atomic E-state index is -0.0102. The van der Waals surface area contributed by atoms with E-state index in [0.717, 1.165) is 55.3 Å². The van der Waals surface area contributed by atoms with E-state index in [1.54, 1.807) is 19.4 Å².